The molecule has 0 amide bonds. The van der Waals surface area contributed by atoms with Gasteiger partial charge in [-0.1, -0.05) is 0 Å². The molecule has 4 aromatic heterocycles. The molecular formula is C17H16N4O2S3. The van der Waals surface area contributed by atoms with E-state index in [1.54, 1.807) is 40.7 Å². The van der Waals surface area contributed by atoms with E-state index in [0.29, 0.717) is 23.7 Å². The molecule has 4 heterocycles. The first-order chi connectivity index (χ1) is 12.6. The normalized spacial score (nSPS) is 11.7. The summed E-state index contributed by atoms with van der Waals surface area (Å²) >= 11 is 4.53. The van der Waals surface area contributed by atoms with Crippen LogP contribution in [0.25, 0.3) is 20.4 Å². The fourth-order valence-corrected chi connectivity index (χ4v) is 5.55. The number of methoxy groups -OCH3 is 1. The van der Waals surface area contributed by atoms with Crippen molar-refractivity contribution in [3.05, 3.63) is 38.6 Å². The Kier molecular flexibility index (Phi) is 4.78. The molecule has 26 heavy (non-hydrogen) atoms. The van der Waals surface area contributed by atoms with Crippen LogP contribution in [-0.2, 0) is 11.3 Å². The van der Waals surface area contributed by atoms with Gasteiger partial charge < -0.3 is 4.74 Å². The molecule has 0 fully saturated rings. The number of hydrogen-bond donors (Lipinski definition) is 0. The maximum absolute atomic E-state index is 13.1. The molecule has 0 aliphatic carbocycles. The second-order valence-corrected chi connectivity index (χ2v) is 8.78. The largest absolute Gasteiger partial charge is 0.383 e. The van der Waals surface area contributed by atoms with E-state index in [9.17, 15) is 4.79 Å². The molecule has 4 aromatic rings. The lowest BCUT2D eigenvalue weighted by molar-refractivity contribution is 0.183. The van der Waals surface area contributed by atoms with Gasteiger partial charge in [0, 0.05) is 17.4 Å². The Morgan fingerprint density at radius 3 is 2.92 bits per heavy atom. The molecule has 9 heteroatoms. The Bertz CT molecular complexity index is 1160. The molecule has 0 saturated heterocycles. The highest BCUT2D eigenvalue weighted by Gasteiger charge is 2.18. The molecule has 0 saturated carbocycles. The third kappa shape index (κ3) is 2.94. The summed E-state index contributed by atoms with van der Waals surface area (Å²) in [4.78, 5) is 29.4. The highest BCUT2D eigenvalue weighted by molar-refractivity contribution is 7.99. The van der Waals surface area contributed by atoms with Gasteiger partial charge >= 0.3 is 0 Å². The Morgan fingerprint density at radius 2 is 2.12 bits per heavy atom. The number of aromatic nitrogens is 4. The van der Waals surface area contributed by atoms with Gasteiger partial charge in [0.1, 0.15) is 21.0 Å². The zero-order chi connectivity index (χ0) is 18.3. The maximum atomic E-state index is 13.1. The van der Waals surface area contributed by atoms with Crippen molar-refractivity contribution in [3.8, 4) is 0 Å². The van der Waals surface area contributed by atoms with Crippen LogP contribution in [0.4, 0.5) is 0 Å². The molecule has 6 nitrogen and oxygen atoms in total. The standard InChI is InChI=1S/C17H16N4O2S3/c1-9-10(2)25-15-12(9)16(22)21(5-6-23-3)17(20-15)26-14-11-4-7-24-13(11)18-8-19-14/h4,7-8H,5-6H2,1-3H3. The third-order valence-corrected chi connectivity index (χ3v) is 7.12. The first-order valence-electron chi connectivity index (χ1n) is 7.95. The van der Waals surface area contributed by atoms with Crippen molar-refractivity contribution in [1.82, 2.24) is 19.5 Å². The molecule has 0 unspecified atom stereocenters. The molecular weight excluding hydrogens is 388 g/mol. The second-order valence-electron chi connectivity index (χ2n) is 5.73. The summed E-state index contributed by atoms with van der Waals surface area (Å²) < 4.78 is 6.88. The molecule has 0 N–H and O–H groups in total. The van der Waals surface area contributed by atoms with Crippen molar-refractivity contribution >= 4 is 54.9 Å². The van der Waals surface area contributed by atoms with Crippen molar-refractivity contribution < 1.29 is 4.74 Å². The van der Waals surface area contributed by atoms with Gasteiger partial charge in [-0.2, -0.15) is 0 Å². The van der Waals surface area contributed by atoms with Crippen molar-refractivity contribution in [1.29, 1.82) is 0 Å². The lowest BCUT2D eigenvalue weighted by atomic mass is 10.2. The Morgan fingerprint density at radius 1 is 1.27 bits per heavy atom. The van der Waals surface area contributed by atoms with Crippen LogP contribution in [0, 0.1) is 13.8 Å². The summed E-state index contributed by atoms with van der Waals surface area (Å²) in [6.45, 7) is 4.89. The summed E-state index contributed by atoms with van der Waals surface area (Å²) in [7, 11) is 1.63. The highest BCUT2D eigenvalue weighted by atomic mass is 32.2. The van der Waals surface area contributed by atoms with Crippen LogP contribution in [0.5, 0.6) is 0 Å². The number of rotatable bonds is 5. The fraction of sp³-hybridized carbons (Fsp3) is 0.294. The quantitative estimate of drug-likeness (QED) is 0.371. The van der Waals surface area contributed by atoms with Crippen molar-refractivity contribution in [2.45, 2.75) is 30.6 Å². The number of nitrogens with zero attached hydrogens (tertiary/aromatic N) is 4. The molecule has 0 radical (unpaired) electrons. The van der Waals surface area contributed by atoms with Gasteiger partial charge in [0.2, 0.25) is 0 Å². The van der Waals surface area contributed by atoms with Crippen molar-refractivity contribution in [3.63, 3.8) is 0 Å². The molecule has 0 aromatic carbocycles. The molecule has 0 aliphatic rings. The average Bonchev–Trinajstić information content (AvgIpc) is 3.20. The minimum atomic E-state index is -0.0213. The predicted octanol–water partition coefficient (Wildman–Crippen LogP) is 3.88. The van der Waals surface area contributed by atoms with E-state index in [2.05, 4.69) is 9.97 Å². The lowest BCUT2D eigenvalue weighted by Crippen LogP contribution is -2.25. The van der Waals surface area contributed by atoms with E-state index in [-0.39, 0.29) is 5.56 Å². The number of ether oxygens (including phenoxy) is 1. The molecule has 0 aliphatic heterocycles. The van der Waals surface area contributed by atoms with Crippen LogP contribution in [0.2, 0.25) is 0 Å². The van der Waals surface area contributed by atoms with Gasteiger partial charge in [0.25, 0.3) is 5.56 Å². The average molecular weight is 405 g/mol. The van der Waals surface area contributed by atoms with Crippen molar-refractivity contribution in [2.24, 2.45) is 0 Å². The highest BCUT2D eigenvalue weighted by Crippen LogP contribution is 2.34. The zero-order valence-corrected chi connectivity index (χ0v) is 16.9. The summed E-state index contributed by atoms with van der Waals surface area (Å²) in [5.74, 6) is 0. The van der Waals surface area contributed by atoms with Crippen LogP contribution in [-0.4, -0.2) is 33.2 Å². The van der Waals surface area contributed by atoms with E-state index in [4.69, 9.17) is 9.72 Å². The molecule has 0 atom stereocenters. The van der Waals surface area contributed by atoms with Gasteiger partial charge in [0.05, 0.1) is 18.5 Å². The van der Waals surface area contributed by atoms with E-state index in [1.165, 1.54) is 11.8 Å². The molecule has 0 bridgehead atoms. The number of hydrogen-bond acceptors (Lipinski definition) is 8. The minimum absolute atomic E-state index is 0.0213. The van der Waals surface area contributed by atoms with E-state index in [1.807, 2.05) is 25.3 Å². The first-order valence-corrected chi connectivity index (χ1v) is 10.5. The third-order valence-electron chi connectivity index (χ3n) is 4.19. The summed E-state index contributed by atoms with van der Waals surface area (Å²) in [6, 6.07) is 2.00. The Labute approximate surface area is 161 Å². The Hall–Kier alpha value is -1.81. The maximum Gasteiger partial charge on any atom is 0.263 e. The van der Waals surface area contributed by atoms with Crippen LogP contribution in [0.3, 0.4) is 0 Å². The molecule has 134 valence electrons. The van der Waals surface area contributed by atoms with Gasteiger partial charge in [-0.25, -0.2) is 15.0 Å². The van der Waals surface area contributed by atoms with Crippen LogP contribution >= 0.6 is 34.4 Å². The number of fused-ring (bicyclic) bond motifs is 2. The first kappa shape index (κ1) is 17.6. The fourth-order valence-electron chi connectivity index (χ4n) is 2.70. The summed E-state index contributed by atoms with van der Waals surface area (Å²) in [6.07, 6.45) is 1.55. The SMILES string of the molecule is COCCn1c(Sc2ncnc3sccc23)nc2sc(C)c(C)c2c1=O. The molecule has 4 rings (SSSR count). The minimum Gasteiger partial charge on any atom is -0.383 e. The van der Waals surface area contributed by atoms with E-state index < -0.39 is 0 Å². The van der Waals surface area contributed by atoms with Crippen molar-refractivity contribution in [2.75, 3.05) is 13.7 Å². The second kappa shape index (κ2) is 7.07. The zero-order valence-electron chi connectivity index (χ0n) is 14.5. The Balaban J connectivity index is 1.90. The van der Waals surface area contributed by atoms with Crippen LogP contribution < -0.4 is 5.56 Å². The van der Waals surface area contributed by atoms with Gasteiger partial charge in [-0.05, 0) is 42.6 Å². The van der Waals surface area contributed by atoms with Gasteiger partial charge in [-0.3, -0.25) is 9.36 Å². The smallest absolute Gasteiger partial charge is 0.263 e. The lowest BCUT2D eigenvalue weighted by Gasteiger charge is -2.11. The number of thiophene rings is 2. The van der Waals surface area contributed by atoms with E-state index in [0.717, 1.165) is 30.5 Å². The molecule has 0 spiro atoms. The van der Waals surface area contributed by atoms with Crippen LogP contribution in [0.15, 0.2) is 32.8 Å². The topological polar surface area (TPSA) is 69.9 Å². The number of aryl methyl sites for hydroxylation is 2. The van der Waals surface area contributed by atoms with Crippen LogP contribution in [0.1, 0.15) is 10.4 Å². The summed E-state index contributed by atoms with van der Waals surface area (Å²) in [5, 5.41) is 5.11. The van der Waals surface area contributed by atoms with E-state index >= 15 is 0 Å². The monoisotopic (exact) mass is 404 g/mol. The summed E-state index contributed by atoms with van der Waals surface area (Å²) in [5.41, 5.74) is 0.986. The predicted molar refractivity (Wildman–Crippen MR) is 107 cm³/mol. The van der Waals surface area contributed by atoms with Gasteiger partial charge in [-0.15, -0.1) is 22.7 Å². The van der Waals surface area contributed by atoms with Gasteiger partial charge in [0.15, 0.2) is 5.16 Å².